The van der Waals surface area contributed by atoms with Gasteiger partial charge in [0.15, 0.2) is 2.14 Å². The van der Waals surface area contributed by atoms with Crippen LogP contribution >= 0.6 is 112 Å². The highest BCUT2D eigenvalue weighted by atomic mass is 80.0. The molecule has 0 rings (SSSR count). The van der Waals surface area contributed by atoms with Crippen LogP contribution < -0.4 is 0 Å². The number of alkyl halides is 7. The summed E-state index contributed by atoms with van der Waals surface area (Å²) in [7, 11) is 0. The zero-order valence-electron chi connectivity index (χ0n) is 6.92. The van der Waals surface area contributed by atoms with Crippen molar-refractivity contribution in [3.05, 3.63) is 0 Å². The lowest BCUT2D eigenvalue weighted by Crippen LogP contribution is -2.44. The molecule has 0 aliphatic heterocycles. The SMILES string of the molecule is O=C(O)CCC(Br)(Br)C(Br)(Br)C(Br)(Br)Br. The van der Waals surface area contributed by atoms with E-state index in [1.807, 2.05) is 0 Å². The Morgan fingerprint density at radius 2 is 1.40 bits per heavy atom. The van der Waals surface area contributed by atoms with Gasteiger partial charge in [0.2, 0.25) is 0 Å². The molecule has 0 amide bonds. The fourth-order valence-corrected chi connectivity index (χ4v) is 4.63. The van der Waals surface area contributed by atoms with E-state index < -0.39 is 14.6 Å². The first kappa shape index (κ1) is 17.8. The van der Waals surface area contributed by atoms with Crippen molar-refractivity contribution in [1.82, 2.24) is 0 Å². The Morgan fingerprint density at radius 1 is 1.00 bits per heavy atom. The van der Waals surface area contributed by atoms with Gasteiger partial charge in [0, 0.05) is 6.42 Å². The molecule has 0 saturated carbocycles. The van der Waals surface area contributed by atoms with E-state index in [4.69, 9.17) is 5.11 Å². The molecule has 0 aliphatic carbocycles. The summed E-state index contributed by atoms with van der Waals surface area (Å²) < 4.78 is -1.98. The number of rotatable bonds is 4. The molecule has 0 fully saturated rings. The van der Waals surface area contributed by atoms with Gasteiger partial charge in [0.1, 0.15) is 6.47 Å². The van der Waals surface area contributed by atoms with E-state index in [1.165, 1.54) is 0 Å². The molecule has 0 heterocycles. The minimum Gasteiger partial charge on any atom is -0.481 e. The number of halogens is 7. The predicted octanol–water partition coefficient (Wildman–Crippen LogP) is 5.66. The zero-order chi connectivity index (χ0) is 12.5. The fourth-order valence-electron chi connectivity index (χ4n) is 0.628. The Labute approximate surface area is 147 Å². The van der Waals surface area contributed by atoms with Crippen LogP contribution in [0.2, 0.25) is 0 Å². The third-order valence-corrected chi connectivity index (χ3v) is 13.1. The maximum Gasteiger partial charge on any atom is 0.303 e. The second-order valence-electron chi connectivity index (χ2n) is 2.67. The summed E-state index contributed by atoms with van der Waals surface area (Å²) in [5, 5.41) is 8.64. The second kappa shape index (κ2) is 6.32. The highest BCUT2D eigenvalue weighted by Crippen LogP contribution is 2.63. The van der Waals surface area contributed by atoms with E-state index in [0.29, 0.717) is 6.42 Å². The van der Waals surface area contributed by atoms with Crippen molar-refractivity contribution in [1.29, 1.82) is 0 Å². The zero-order valence-corrected chi connectivity index (χ0v) is 18.0. The summed E-state index contributed by atoms with van der Waals surface area (Å²) in [5.74, 6) is -0.849. The first-order valence-corrected chi connectivity index (χ1v) is 9.01. The number of carboxylic acid groups (broad SMARTS) is 1. The third-order valence-electron chi connectivity index (χ3n) is 1.47. The molecule has 0 aromatic heterocycles. The smallest absolute Gasteiger partial charge is 0.303 e. The summed E-state index contributed by atoms with van der Waals surface area (Å²) in [6, 6.07) is 0. The first-order chi connectivity index (χ1) is 6.42. The van der Waals surface area contributed by atoms with Crippen molar-refractivity contribution in [2.75, 3.05) is 0 Å². The average Bonchev–Trinajstić information content (AvgIpc) is 1.98. The standard InChI is InChI=1S/C6H5Br7O2/c7-4(8,2-1-3(14)15)5(9,10)6(11,12)13/h1-2H2,(H,14,15). The third kappa shape index (κ3) is 5.14. The molecule has 0 spiro atoms. The lowest BCUT2D eigenvalue weighted by molar-refractivity contribution is -0.137. The number of carbonyl (C=O) groups is 1. The van der Waals surface area contributed by atoms with Gasteiger partial charge in [-0.1, -0.05) is 112 Å². The van der Waals surface area contributed by atoms with Gasteiger partial charge in [0.25, 0.3) is 0 Å². The Bertz CT molecular complexity index is 244. The molecule has 9 heteroatoms. The van der Waals surface area contributed by atoms with Crippen LogP contribution in [-0.4, -0.2) is 19.7 Å². The molecule has 0 radical (unpaired) electrons. The van der Waals surface area contributed by atoms with Gasteiger partial charge in [-0.3, -0.25) is 4.79 Å². The molecule has 1 N–H and O–H groups in total. The molecule has 0 aromatic carbocycles. The minimum atomic E-state index is -0.849. The predicted molar refractivity (Wildman–Crippen MR) is 87.6 cm³/mol. The van der Waals surface area contributed by atoms with E-state index in [-0.39, 0.29) is 6.42 Å². The summed E-state index contributed by atoms with van der Waals surface area (Å²) in [6.07, 6.45) is 0.419. The van der Waals surface area contributed by atoms with E-state index in [9.17, 15) is 4.79 Å². The highest BCUT2D eigenvalue weighted by Gasteiger charge is 2.56. The van der Waals surface area contributed by atoms with Crippen LogP contribution in [0.4, 0.5) is 0 Å². The van der Waals surface area contributed by atoms with Crippen LogP contribution in [-0.2, 0) is 4.79 Å². The van der Waals surface area contributed by atoms with Gasteiger partial charge in [0.05, 0.1) is 0 Å². The molecular formula is C6H5Br7O2. The molecular weight excluding hydrogens is 663 g/mol. The Balaban J connectivity index is 4.77. The molecule has 0 aliphatic rings. The number of hydrogen-bond acceptors (Lipinski definition) is 1. The Morgan fingerprint density at radius 3 is 1.67 bits per heavy atom. The summed E-state index contributed by atoms with van der Waals surface area (Å²) in [6.45, 7) is 0. The van der Waals surface area contributed by atoms with Crippen LogP contribution in [0.15, 0.2) is 0 Å². The van der Waals surface area contributed by atoms with Gasteiger partial charge >= 0.3 is 5.97 Å². The van der Waals surface area contributed by atoms with Gasteiger partial charge in [-0.15, -0.1) is 0 Å². The van der Waals surface area contributed by atoms with E-state index in [1.54, 1.807) is 0 Å². The Hall–Kier alpha value is 2.83. The first-order valence-electron chi connectivity index (χ1n) is 3.46. The highest BCUT2D eigenvalue weighted by molar-refractivity contribution is 9.42. The van der Waals surface area contributed by atoms with Crippen LogP contribution in [0, 0.1) is 0 Å². The molecule has 0 unspecified atom stereocenters. The molecule has 0 bridgehead atoms. The van der Waals surface area contributed by atoms with Gasteiger partial charge in [-0.05, 0) is 6.42 Å². The molecule has 2 nitrogen and oxygen atoms in total. The van der Waals surface area contributed by atoms with Crippen molar-refractivity contribution in [2.45, 2.75) is 21.5 Å². The van der Waals surface area contributed by atoms with E-state index in [0.717, 1.165) is 0 Å². The van der Waals surface area contributed by atoms with Crippen molar-refractivity contribution < 1.29 is 9.90 Å². The maximum atomic E-state index is 10.5. The number of hydrogen-bond donors (Lipinski definition) is 1. The van der Waals surface area contributed by atoms with E-state index in [2.05, 4.69) is 112 Å². The molecule has 15 heavy (non-hydrogen) atoms. The topological polar surface area (TPSA) is 37.3 Å². The van der Waals surface area contributed by atoms with Gasteiger partial charge < -0.3 is 5.11 Å². The molecule has 90 valence electrons. The lowest BCUT2D eigenvalue weighted by Gasteiger charge is -2.40. The van der Waals surface area contributed by atoms with Crippen LogP contribution in [0.1, 0.15) is 12.8 Å². The van der Waals surface area contributed by atoms with Crippen molar-refractivity contribution in [3.63, 3.8) is 0 Å². The molecule has 0 saturated heterocycles. The Kier molecular flexibility index (Phi) is 7.51. The fraction of sp³-hybridized carbons (Fsp3) is 0.833. The van der Waals surface area contributed by atoms with Crippen molar-refractivity contribution in [3.8, 4) is 0 Å². The summed E-state index contributed by atoms with van der Waals surface area (Å²) in [5.41, 5.74) is 0. The second-order valence-corrected chi connectivity index (χ2v) is 16.6. The van der Waals surface area contributed by atoms with Crippen LogP contribution in [0.3, 0.4) is 0 Å². The van der Waals surface area contributed by atoms with Crippen molar-refractivity contribution >= 4 is 117 Å². The minimum absolute atomic E-state index is 0.0402. The summed E-state index contributed by atoms with van der Waals surface area (Å²) >= 11 is 23.9. The lowest BCUT2D eigenvalue weighted by atomic mass is 10.2. The van der Waals surface area contributed by atoms with Gasteiger partial charge in [-0.2, -0.15) is 0 Å². The molecule has 0 aromatic rings. The normalized spacial score (nSPS) is 14.1. The largest absolute Gasteiger partial charge is 0.481 e. The van der Waals surface area contributed by atoms with Crippen LogP contribution in [0.25, 0.3) is 0 Å². The number of aliphatic carboxylic acids is 1. The van der Waals surface area contributed by atoms with E-state index >= 15 is 0 Å². The molecule has 0 atom stereocenters. The monoisotopic (exact) mass is 661 g/mol. The average molecular weight is 668 g/mol. The van der Waals surface area contributed by atoms with Crippen molar-refractivity contribution in [2.24, 2.45) is 0 Å². The van der Waals surface area contributed by atoms with Crippen LogP contribution in [0.5, 0.6) is 0 Å². The van der Waals surface area contributed by atoms with Gasteiger partial charge in [-0.25, -0.2) is 0 Å². The maximum absolute atomic E-state index is 10.5. The summed E-state index contributed by atoms with van der Waals surface area (Å²) in [4.78, 5) is 10.5. The quantitative estimate of drug-likeness (QED) is 0.393. The number of carboxylic acids is 1.